The van der Waals surface area contributed by atoms with Crippen molar-refractivity contribution in [3.8, 4) is 11.6 Å². The molecule has 1 fully saturated rings. The summed E-state index contributed by atoms with van der Waals surface area (Å²) < 4.78 is 1.30. The summed E-state index contributed by atoms with van der Waals surface area (Å²) in [5, 5.41) is 12.9. The average Bonchev–Trinajstić information content (AvgIpc) is 2.77. The molecule has 0 radical (unpaired) electrons. The van der Waals surface area contributed by atoms with Crippen LogP contribution in [0, 0.1) is 0 Å². The minimum absolute atomic E-state index is 0.0432. The molecule has 0 amide bonds. The Morgan fingerprint density at radius 1 is 1.10 bits per heavy atom. The van der Waals surface area contributed by atoms with Gasteiger partial charge in [0.2, 0.25) is 5.88 Å². The number of hydrogen-bond acceptors (Lipinski definition) is 4. The van der Waals surface area contributed by atoms with Crippen LogP contribution in [0.15, 0.2) is 58.3 Å². The minimum atomic E-state index is -0.287. The van der Waals surface area contributed by atoms with Gasteiger partial charge in [-0.05, 0) is 51.2 Å². The van der Waals surface area contributed by atoms with Crippen LogP contribution in [0.2, 0.25) is 5.02 Å². The molecular weight excluding hydrogens is 410 g/mol. The largest absolute Gasteiger partial charge is 0.494 e. The third kappa shape index (κ3) is 4.12. The number of pyridine rings is 1. The second-order valence-electron chi connectivity index (χ2n) is 8.55. The van der Waals surface area contributed by atoms with Gasteiger partial charge in [0.1, 0.15) is 0 Å². The van der Waals surface area contributed by atoms with E-state index in [0.717, 1.165) is 12.8 Å². The molecule has 1 saturated carbocycles. The van der Waals surface area contributed by atoms with Gasteiger partial charge in [-0.2, -0.15) is 0 Å². The van der Waals surface area contributed by atoms with Gasteiger partial charge >= 0.3 is 0 Å². The van der Waals surface area contributed by atoms with Crippen LogP contribution in [0.25, 0.3) is 16.5 Å². The maximum atomic E-state index is 13.2. The molecule has 6 heteroatoms. The van der Waals surface area contributed by atoms with E-state index in [1.807, 2.05) is 18.2 Å². The lowest BCUT2D eigenvalue weighted by atomic mass is 9.81. The Bertz CT molecular complexity index is 1180. The topological polar surface area (TPSA) is 57.8 Å². The Morgan fingerprint density at radius 2 is 1.81 bits per heavy atom. The van der Waals surface area contributed by atoms with Crippen molar-refractivity contribution in [2.24, 2.45) is 4.99 Å². The Morgan fingerprint density at radius 3 is 2.48 bits per heavy atom. The fraction of sp³-hybridized carbons (Fsp3) is 0.360. The molecule has 162 valence electrons. The monoisotopic (exact) mass is 437 g/mol. The summed E-state index contributed by atoms with van der Waals surface area (Å²) in [7, 11) is 4.24. The highest BCUT2D eigenvalue weighted by atomic mass is 35.5. The highest BCUT2D eigenvalue weighted by Crippen LogP contribution is 2.33. The molecule has 2 aromatic carbocycles. The summed E-state index contributed by atoms with van der Waals surface area (Å²) in [6.45, 7) is 0.657. The number of aliphatic imine (C=N–C) groups is 1. The van der Waals surface area contributed by atoms with Gasteiger partial charge in [0.15, 0.2) is 0 Å². The smallest absolute Gasteiger partial charge is 0.265 e. The van der Waals surface area contributed by atoms with Gasteiger partial charge in [0.25, 0.3) is 5.56 Å². The molecule has 1 aliphatic rings. The zero-order chi connectivity index (χ0) is 22.0. The molecule has 3 aromatic rings. The van der Waals surface area contributed by atoms with Gasteiger partial charge in [0, 0.05) is 27.5 Å². The van der Waals surface area contributed by atoms with Crippen molar-refractivity contribution in [3.63, 3.8) is 0 Å². The lowest BCUT2D eigenvalue weighted by molar-refractivity contribution is 0.110. The van der Waals surface area contributed by atoms with Crippen LogP contribution in [0.4, 0.5) is 0 Å². The Labute approximate surface area is 187 Å². The molecule has 0 aliphatic heterocycles. The number of rotatable bonds is 5. The van der Waals surface area contributed by atoms with Gasteiger partial charge in [-0.1, -0.05) is 55.1 Å². The number of nitrogens with zero attached hydrogens (tertiary/aromatic N) is 3. The number of hydrogen-bond donors (Lipinski definition) is 1. The van der Waals surface area contributed by atoms with Gasteiger partial charge in [-0.25, -0.2) is 4.57 Å². The lowest BCUT2D eigenvalue weighted by Gasteiger charge is -2.42. The number of fused-ring (bicyclic) bond motifs is 1. The summed E-state index contributed by atoms with van der Waals surface area (Å²) in [5.41, 5.74) is 0.818. The molecule has 0 spiro atoms. The predicted molar refractivity (Wildman–Crippen MR) is 128 cm³/mol. The highest BCUT2D eigenvalue weighted by molar-refractivity contribution is 6.30. The summed E-state index contributed by atoms with van der Waals surface area (Å²) in [6, 6.07) is 14.2. The second-order valence-corrected chi connectivity index (χ2v) is 8.99. The average molecular weight is 438 g/mol. The number of likely N-dealkylation sites (N-methyl/N-ethyl adjacent to an activating group) is 1. The first kappa shape index (κ1) is 21.6. The summed E-state index contributed by atoms with van der Waals surface area (Å²) in [5.74, 6) is -0.128. The van der Waals surface area contributed by atoms with Crippen molar-refractivity contribution in [3.05, 3.63) is 69.5 Å². The molecule has 31 heavy (non-hydrogen) atoms. The fourth-order valence-electron chi connectivity index (χ4n) is 4.61. The van der Waals surface area contributed by atoms with Crippen LogP contribution in [0.3, 0.4) is 0 Å². The third-order valence-electron chi connectivity index (χ3n) is 6.51. The predicted octanol–water partition coefficient (Wildman–Crippen LogP) is 5.03. The fourth-order valence-corrected chi connectivity index (χ4v) is 4.79. The van der Waals surface area contributed by atoms with Gasteiger partial charge in [0.05, 0.1) is 17.8 Å². The molecule has 0 unspecified atom stereocenters. The number of halogens is 1. The van der Waals surface area contributed by atoms with Crippen molar-refractivity contribution in [1.29, 1.82) is 0 Å². The minimum Gasteiger partial charge on any atom is -0.494 e. The van der Waals surface area contributed by atoms with Gasteiger partial charge in [-0.15, -0.1) is 0 Å². The standard InChI is InChI=1S/C25H28ClN3O2/c1-28(2)25(13-6-3-7-14-25)17-27-16-22-20-11-4-5-12-21(20)23(30)29(24(22)31)19-10-8-9-18(26)15-19/h4-5,8-12,15-16,31H,3,6-7,13-14,17H2,1-2H3. The van der Waals surface area contributed by atoms with E-state index in [9.17, 15) is 9.90 Å². The van der Waals surface area contributed by atoms with Crippen molar-refractivity contribution < 1.29 is 5.11 Å². The van der Waals surface area contributed by atoms with Crippen LogP contribution in [-0.4, -0.2) is 47.0 Å². The SMILES string of the molecule is CN(C)C1(CN=Cc2c(O)n(-c3cccc(Cl)c3)c(=O)c3ccccc23)CCCCC1. The molecule has 1 aliphatic carbocycles. The van der Waals surface area contributed by atoms with Gasteiger partial charge < -0.3 is 10.0 Å². The zero-order valence-electron chi connectivity index (χ0n) is 18.0. The van der Waals surface area contributed by atoms with E-state index in [2.05, 4.69) is 19.0 Å². The zero-order valence-corrected chi connectivity index (χ0v) is 18.8. The van der Waals surface area contributed by atoms with Crippen molar-refractivity contribution >= 4 is 28.6 Å². The van der Waals surface area contributed by atoms with Crippen molar-refractivity contribution in [2.75, 3.05) is 20.6 Å². The Kier molecular flexibility index (Phi) is 6.17. The van der Waals surface area contributed by atoms with Crippen LogP contribution in [-0.2, 0) is 0 Å². The van der Waals surface area contributed by atoms with Crippen LogP contribution in [0.1, 0.15) is 37.7 Å². The molecule has 0 saturated heterocycles. The quantitative estimate of drug-likeness (QED) is 0.569. The van der Waals surface area contributed by atoms with Gasteiger partial charge in [-0.3, -0.25) is 9.79 Å². The Balaban J connectivity index is 1.82. The highest BCUT2D eigenvalue weighted by Gasteiger charge is 2.33. The molecule has 4 rings (SSSR count). The van der Waals surface area contributed by atoms with E-state index in [0.29, 0.717) is 33.6 Å². The van der Waals surface area contributed by atoms with E-state index in [1.165, 1.54) is 23.8 Å². The molecule has 5 nitrogen and oxygen atoms in total. The van der Waals surface area contributed by atoms with E-state index in [4.69, 9.17) is 16.6 Å². The summed E-state index contributed by atoms with van der Waals surface area (Å²) in [6.07, 6.45) is 7.65. The first-order chi connectivity index (χ1) is 14.9. The first-order valence-corrected chi connectivity index (χ1v) is 11.1. The lowest BCUT2D eigenvalue weighted by Crippen LogP contribution is -2.48. The summed E-state index contributed by atoms with van der Waals surface area (Å²) >= 11 is 6.14. The van der Waals surface area contributed by atoms with Crippen molar-refractivity contribution in [2.45, 2.75) is 37.6 Å². The maximum absolute atomic E-state index is 13.2. The molecule has 1 N–H and O–H groups in total. The van der Waals surface area contributed by atoms with E-state index < -0.39 is 0 Å². The van der Waals surface area contributed by atoms with Crippen LogP contribution < -0.4 is 5.56 Å². The van der Waals surface area contributed by atoms with Crippen molar-refractivity contribution in [1.82, 2.24) is 9.47 Å². The van der Waals surface area contributed by atoms with Crippen LogP contribution in [0.5, 0.6) is 5.88 Å². The third-order valence-corrected chi connectivity index (χ3v) is 6.74. The van der Waals surface area contributed by atoms with E-state index in [-0.39, 0.29) is 17.0 Å². The maximum Gasteiger partial charge on any atom is 0.265 e. The molecular formula is C25H28ClN3O2. The van der Waals surface area contributed by atoms with E-state index in [1.54, 1.807) is 36.5 Å². The number of aromatic hydroxyl groups is 1. The normalized spacial score (nSPS) is 16.4. The number of benzene rings is 2. The molecule has 1 aromatic heterocycles. The molecule has 0 atom stereocenters. The second kappa shape index (κ2) is 8.85. The Hall–Kier alpha value is -2.63. The number of aromatic nitrogens is 1. The van der Waals surface area contributed by atoms with Crippen LogP contribution >= 0.6 is 11.6 Å². The summed E-state index contributed by atoms with van der Waals surface area (Å²) in [4.78, 5) is 20.3. The van der Waals surface area contributed by atoms with E-state index >= 15 is 0 Å². The molecule has 1 heterocycles. The first-order valence-electron chi connectivity index (χ1n) is 10.7. The molecule has 0 bridgehead atoms.